The Bertz CT molecular complexity index is 681. The number of nitrogens with zero attached hydrogens (tertiary/aromatic N) is 2. The highest BCUT2D eigenvalue weighted by molar-refractivity contribution is 7.91. The van der Waals surface area contributed by atoms with Crippen LogP contribution in [0.4, 0.5) is 11.4 Å². The maximum Gasteiger partial charge on any atom is 0.303 e. The van der Waals surface area contributed by atoms with E-state index < -0.39 is 15.8 Å². The fourth-order valence-electron chi connectivity index (χ4n) is 1.41. The van der Waals surface area contributed by atoms with Crippen LogP contribution in [0.1, 0.15) is 12.8 Å². The number of sulfone groups is 1. The fraction of sp³-hybridized carbons (Fsp3) is 0.250. The SMILES string of the molecule is [C-]#[N+]c1ccc(S(=O)(=O)CCCC(=O)O)cc1[N+]#[C-]. The molecule has 0 saturated heterocycles. The van der Waals surface area contributed by atoms with E-state index in [2.05, 4.69) is 9.69 Å². The van der Waals surface area contributed by atoms with Gasteiger partial charge in [-0.2, -0.15) is 0 Å². The Balaban J connectivity index is 3.00. The van der Waals surface area contributed by atoms with E-state index in [1.165, 1.54) is 12.1 Å². The molecule has 0 aliphatic heterocycles. The molecule has 0 aromatic heterocycles. The molecule has 0 aliphatic carbocycles. The minimum absolute atomic E-state index is 0.00951. The lowest BCUT2D eigenvalue weighted by Crippen LogP contribution is -2.08. The van der Waals surface area contributed by atoms with Gasteiger partial charge < -0.3 is 5.11 Å². The molecule has 0 fully saturated rings. The lowest BCUT2D eigenvalue weighted by molar-refractivity contribution is -0.137. The van der Waals surface area contributed by atoms with E-state index in [9.17, 15) is 13.2 Å². The molecule has 0 atom stereocenters. The third-order valence-electron chi connectivity index (χ3n) is 2.35. The Morgan fingerprint density at radius 1 is 1.21 bits per heavy atom. The lowest BCUT2D eigenvalue weighted by Gasteiger charge is -2.05. The van der Waals surface area contributed by atoms with E-state index in [1.54, 1.807) is 0 Å². The standard InChI is InChI=1S/C12H10N2O4S/c1-13-10-6-5-9(8-11(10)14-2)19(17,18)7-3-4-12(15)16/h5-6,8H,3-4,7H2,(H,15,16). The fourth-order valence-corrected chi connectivity index (χ4v) is 2.74. The molecule has 0 bridgehead atoms. The van der Waals surface area contributed by atoms with Crippen molar-refractivity contribution in [1.29, 1.82) is 0 Å². The zero-order valence-corrected chi connectivity index (χ0v) is 10.6. The molecule has 1 N–H and O–H groups in total. The molecule has 0 aliphatic rings. The van der Waals surface area contributed by atoms with Gasteiger partial charge >= 0.3 is 5.97 Å². The van der Waals surface area contributed by atoms with Gasteiger partial charge in [-0.15, -0.1) is 0 Å². The number of carboxylic acids is 1. The Morgan fingerprint density at radius 3 is 2.37 bits per heavy atom. The zero-order chi connectivity index (χ0) is 14.5. The molecule has 0 saturated carbocycles. The minimum atomic E-state index is -3.62. The van der Waals surface area contributed by atoms with Crippen molar-refractivity contribution in [2.45, 2.75) is 17.7 Å². The van der Waals surface area contributed by atoms with Gasteiger partial charge in [0.1, 0.15) is 0 Å². The number of carboxylic acid groups (broad SMARTS) is 1. The Hall–Kier alpha value is -2.38. The summed E-state index contributed by atoms with van der Waals surface area (Å²) in [7, 11) is -3.62. The maximum atomic E-state index is 11.9. The van der Waals surface area contributed by atoms with E-state index in [0.717, 1.165) is 6.07 Å². The molecule has 0 radical (unpaired) electrons. The number of benzene rings is 1. The molecular weight excluding hydrogens is 268 g/mol. The van der Waals surface area contributed by atoms with Crippen LogP contribution in [0.5, 0.6) is 0 Å². The highest BCUT2D eigenvalue weighted by atomic mass is 32.2. The van der Waals surface area contributed by atoms with E-state index >= 15 is 0 Å². The average molecular weight is 278 g/mol. The van der Waals surface area contributed by atoms with Crippen LogP contribution in [-0.4, -0.2) is 25.2 Å². The summed E-state index contributed by atoms with van der Waals surface area (Å²) in [6.07, 6.45) is -0.218. The lowest BCUT2D eigenvalue weighted by atomic mass is 10.3. The van der Waals surface area contributed by atoms with E-state index in [-0.39, 0.29) is 34.9 Å². The molecule has 6 nitrogen and oxygen atoms in total. The van der Waals surface area contributed by atoms with Crippen molar-refractivity contribution in [3.8, 4) is 0 Å². The summed E-state index contributed by atoms with van der Waals surface area (Å²) in [5.41, 5.74) is 0.0776. The summed E-state index contributed by atoms with van der Waals surface area (Å²) in [5, 5.41) is 8.46. The van der Waals surface area contributed by atoms with Crippen LogP contribution >= 0.6 is 0 Å². The number of aliphatic carboxylic acids is 1. The Morgan fingerprint density at radius 2 is 1.84 bits per heavy atom. The largest absolute Gasteiger partial charge is 0.481 e. The third-order valence-corrected chi connectivity index (χ3v) is 4.15. The van der Waals surface area contributed by atoms with Gasteiger partial charge in [0.2, 0.25) is 0 Å². The van der Waals surface area contributed by atoms with E-state index in [4.69, 9.17) is 18.3 Å². The molecule has 98 valence electrons. The Kier molecular flexibility index (Phi) is 4.62. The topological polar surface area (TPSA) is 80.2 Å². The van der Waals surface area contributed by atoms with E-state index in [1.807, 2.05) is 0 Å². The van der Waals surface area contributed by atoms with Crippen LogP contribution < -0.4 is 0 Å². The normalized spacial score (nSPS) is 10.4. The van der Waals surface area contributed by atoms with Gasteiger partial charge in [-0.1, -0.05) is 12.1 Å². The molecule has 19 heavy (non-hydrogen) atoms. The van der Waals surface area contributed by atoms with Crippen molar-refractivity contribution in [3.05, 3.63) is 41.0 Å². The molecule has 0 unspecified atom stereocenters. The minimum Gasteiger partial charge on any atom is -0.481 e. The van der Waals surface area contributed by atoms with Gasteiger partial charge in [-0.25, -0.2) is 8.42 Å². The van der Waals surface area contributed by atoms with Crippen molar-refractivity contribution in [1.82, 2.24) is 0 Å². The van der Waals surface area contributed by atoms with Crippen molar-refractivity contribution in [3.63, 3.8) is 0 Å². The first-order valence-electron chi connectivity index (χ1n) is 5.24. The maximum absolute atomic E-state index is 11.9. The first-order valence-corrected chi connectivity index (χ1v) is 6.89. The van der Waals surface area contributed by atoms with Gasteiger partial charge in [0.15, 0.2) is 21.2 Å². The zero-order valence-electron chi connectivity index (χ0n) is 9.83. The summed E-state index contributed by atoms with van der Waals surface area (Å²) >= 11 is 0. The molecule has 0 heterocycles. The second kappa shape index (κ2) is 5.98. The molecule has 0 amide bonds. The summed E-state index contributed by atoms with van der Waals surface area (Å²) in [4.78, 5) is 16.5. The van der Waals surface area contributed by atoms with Crippen LogP contribution in [0.25, 0.3) is 9.69 Å². The van der Waals surface area contributed by atoms with Crippen molar-refractivity contribution < 1.29 is 18.3 Å². The van der Waals surface area contributed by atoms with Gasteiger partial charge in [-0.3, -0.25) is 14.5 Å². The van der Waals surface area contributed by atoms with Gasteiger partial charge in [0.05, 0.1) is 23.8 Å². The molecule has 1 aromatic rings. The predicted molar refractivity (Wildman–Crippen MR) is 67.9 cm³/mol. The first kappa shape index (κ1) is 14.7. The summed E-state index contributed by atoms with van der Waals surface area (Å²) < 4.78 is 23.8. The van der Waals surface area contributed by atoms with E-state index in [0.29, 0.717) is 0 Å². The monoisotopic (exact) mass is 278 g/mol. The van der Waals surface area contributed by atoms with Crippen LogP contribution in [0, 0.1) is 13.1 Å². The predicted octanol–water partition coefficient (Wildman–Crippen LogP) is 2.43. The second-order valence-corrected chi connectivity index (χ2v) is 5.80. The summed E-state index contributed by atoms with van der Waals surface area (Å²) in [6.45, 7) is 13.7. The molecule has 7 heteroatoms. The molecular formula is C12H10N2O4S. The average Bonchev–Trinajstić information content (AvgIpc) is 2.37. The number of carbonyl (C=O) groups is 1. The second-order valence-electron chi connectivity index (χ2n) is 3.69. The van der Waals surface area contributed by atoms with Crippen LogP contribution in [0.2, 0.25) is 0 Å². The van der Waals surface area contributed by atoms with Crippen molar-refractivity contribution >= 4 is 27.2 Å². The summed E-state index contributed by atoms with van der Waals surface area (Å²) in [5.74, 6) is -1.35. The smallest absolute Gasteiger partial charge is 0.303 e. The number of rotatable bonds is 5. The van der Waals surface area contributed by atoms with Crippen LogP contribution in [0.3, 0.4) is 0 Å². The first-order chi connectivity index (χ1) is 8.90. The van der Waals surface area contributed by atoms with Crippen molar-refractivity contribution in [2.24, 2.45) is 0 Å². The molecule has 1 aromatic carbocycles. The Labute approximate surface area is 110 Å². The number of hydrogen-bond acceptors (Lipinski definition) is 3. The van der Waals surface area contributed by atoms with Gasteiger partial charge in [0, 0.05) is 6.42 Å². The molecule has 0 spiro atoms. The van der Waals surface area contributed by atoms with Gasteiger partial charge in [-0.05, 0) is 12.5 Å². The third kappa shape index (κ3) is 3.80. The summed E-state index contributed by atoms with van der Waals surface area (Å²) in [6, 6.07) is 3.69. The van der Waals surface area contributed by atoms with Crippen molar-refractivity contribution in [2.75, 3.05) is 5.75 Å². The van der Waals surface area contributed by atoms with Gasteiger partial charge in [0.25, 0.3) is 0 Å². The highest BCUT2D eigenvalue weighted by Crippen LogP contribution is 2.31. The number of hydrogen-bond donors (Lipinski definition) is 1. The van der Waals surface area contributed by atoms with Crippen LogP contribution in [-0.2, 0) is 14.6 Å². The quantitative estimate of drug-likeness (QED) is 0.839. The van der Waals surface area contributed by atoms with Crippen LogP contribution in [0.15, 0.2) is 23.1 Å². The molecule has 1 rings (SSSR count). The highest BCUT2D eigenvalue weighted by Gasteiger charge is 2.16.